The van der Waals surface area contributed by atoms with Crippen LogP contribution in [0.25, 0.3) is 0 Å². The lowest BCUT2D eigenvalue weighted by atomic mass is 10.3. The number of hydrogen-bond acceptors (Lipinski definition) is 2. The first-order valence-corrected chi connectivity index (χ1v) is 5.45. The predicted octanol–water partition coefficient (Wildman–Crippen LogP) is 3.36. The highest BCUT2D eigenvalue weighted by atomic mass is 35.5. The second-order valence-corrected chi connectivity index (χ2v) is 5.16. The van der Waals surface area contributed by atoms with Gasteiger partial charge in [0.25, 0.3) is 5.91 Å². The van der Waals surface area contributed by atoms with Crippen LogP contribution >= 0.6 is 34.5 Å². The summed E-state index contributed by atoms with van der Waals surface area (Å²) < 4.78 is 0.921. The Balaban J connectivity index is 2.69. The van der Waals surface area contributed by atoms with Crippen molar-refractivity contribution in [1.82, 2.24) is 5.32 Å². The van der Waals surface area contributed by atoms with Gasteiger partial charge in [0.1, 0.15) is 4.34 Å². The maximum absolute atomic E-state index is 11.5. The largest absolute Gasteiger partial charge is 0.348 e. The summed E-state index contributed by atoms with van der Waals surface area (Å²) in [5.74, 6) is -0.221. The molecule has 0 radical (unpaired) electrons. The molecule has 0 bridgehead atoms. The number of hydrogen-bond donors (Lipinski definition) is 1. The fraction of sp³-hybridized carbons (Fsp3) is 0.222. The van der Waals surface area contributed by atoms with Gasteiger partial charge in [0.2, 0.25) is 0 Å². The molecule has 5 heteroatoms. The lowest BCUT2D eigenvalue weighted by molar-refractivity contribution is 0.0957. The van der Waals surface area contributed by atoms with E-state index in [4.69, 9.17) is 23.2 Å². The van der Waals surface area contributed by atoms with E-state index in [-0.39, 0.29) is 5.91 Å². The quantitative estimate of drug-likeness (QED) is 0.819. The van der Waals surface area contributed by atoms with Crippen LogP contribution in [0.2, 0.25) is 8.67 Å². The maximum atomic E-state index is 11.5. The monoisotopic (exact) mass is 249 g/mol. The normalized spacial score (nSPS) is 9.93. The molecule has 0 saturated carbocycles. The summed E-state index contributed by atoms with van der Waals surface area (Å²) in [6.45, 7) is 5.96. The minimum atomic E-state index is -0.221. The molecule has 0 aliphatic rings. The number of carbonyl (C=O) groups excluding carboxylic acids is 1. The zero-order valence-electron chi connectivity index (χ0n) is 7.56. The predicted molar refractivity (Wildman–Crippen MR) is 61.5 cm³/mol. The van der Waals surface area contributed by atoms with E-state index in [9.17, 15) is 4.79 Å². The smallest absolute Gasteiger partial charge is 0.253 e. The van der Waals surface area contributed by atoms with Crippen LogP contribution in [-0.2, 0) is 0 Å². The molecule has 1 heterocycles. The molecule has 14 heavy (non-hydrogen) atoms. The number of nitrogens with one attached hydrogen (secondary N) is 1. The van der Waals surface area contributed by atoms with Gasteiger partial charge in [-0.3, -0.25) is 4.79 Å². The zero-order chi connectivity index (χ0) is 10.7. The van der Waals surface area contributed by atoms with Crippen molar-refractivity contribution in [2.75, 3.05) is 6.54 Å². The molecule has 0 unspecified atom stereocenters. The van der Waals surface area contributed by atoms with Gasteiger partial charge in [0, 0.05) is 6.54 Å². The average molecular weight is 250 g/mol. The van der Waals surface area contributed by atoms with Gasteiger partial charge in [-0.25, -0.2) is 0 Å². The number of thiophene rings is 1. The van der Waals surface area contributed by atoms with Crippen molar-refractivity contribution in [1.29, 1.82) is 0 Å². The van der Waals surface area contributed by atoms with E-state index in [0.717, 1.165) is 5.57 Å². The molecule has 0 aliphatic carbocycles. The second-order valence-electron chi connectivity index (χ2n) is 2.88. The van der Waals surface area contributed by atoms with Crippen molar-refractivity contribution >= 4 is 40.4 Å². The molecule has 0 aromatic carbocycles. The Hall–Kier alpha value is -0.510. The van der Waals surface area contributed by atoms with Crippen LogP contribution in [0.5, 0.6) is 0 Å². The standard InChI is InChI=1S/C9H9Cl2NOS/c1-5(2)4-12-9(13)6-3-7(10)14-8(6)11/h3H,1,4H2,2H3,(H,12,13). The Labute approximate surface area is 96.5 Å². The molecule has 2 nitrogen and oxygen atoms in total. The van der Waals surface area contributed by atoms with Gasteiger partial charge in [-0.05, 0) is 13.0 Å². The van der Waals surface area contributed by atoms with Crippen LogP contribution in [0.1, 0.15) is 17.3 Å². The maximum Gasteiger partial charge on any atom is 0.253 e. The molecule has 76 valence electrons. The van der Waals surface area contributed by atoms with Crippen LogP contribution in [0.15, 0.2) is 18.2 Å². The first kappa shape index (κ1) is 11.6. The van der Waals surface area contributed by atoms with E-state index in [0.29, 0.717) is 20.8 Å². The molecule has 1 amide bonds. The number of halogens is 2. The molecule has 0 fully saturated rings. The summed E-state index contributed by atoms with van der Waals surface area (Å²) in [7, 11) is 0. The van der Waals surface area contributed by atoms with Crippen LogP contribution < -0.4 is 5.32 Å². The highest BCUT2D eigenvalue weighted by Gasteiger charge is 2.13. The van der Waals surface area contributed by atoms with Gasteiger partial charge in [-0.15, -0.1) is 11.3 Å². The summed E-state index contributed by atoms with van der Waals surface area (Å²) in [5.41, 5.74) is 1.30. The molecule has 1 N–H and O–H groups in total. The molecular formula is C9H9Cl2NOS. The van der Waals surface area contributed by atoms with Crippen molar-refractivity contribution in [2.45, 2.75) is 6.92 Å². The third-order valence-corrected chi connectivity index (χ3v) is 2.94. The van der Waals surface area contributed by atoms with Gasteiger partial charge in [-0.1, -0.05) is 35.4 Å². The molecular weight excluding hydrogens is 241 g/mol. The van der Waals surface area contributed by atoms with Crippen molar-refractivity contribution < 1.29 is 4.79 Å². The molecule has 1 aromatic heterocycles. The third kappa shape index (κ3) is 3.01. The van der Waals surface area contributed by atoms with E-state index in [1.165, 1.54) is 11.3 Å². The Morgan fingerprint density at radius 1 is 1.64 bits per heavy atom. The van der Waals surface area contributed by atoms with Crippen molar-refractivity contribution in [3.05, 3.63) is 32.5 Å². The lowest BCUT2D eigenvalue weighted by Gasteiger charge is -2.02. The van der Waals surface area contributed by atoms with Gasteiger partial charge in [0.15, 0.2) is 0 Å². The SMILES string of the molecule is C=C(C)CNC(=O)c1cc(Cl)sc1Cl. The average Bonchev–Trinajstić information content (AvgIpc) is 2.41. The first-order chi connectivity index (χ1) is 6.50. The van der Waals surface area contributed by atoms with E-state index < -0.39 is 0 Å². The zero-order valence-corrected chi connectivity index (χ0v) is 9.89. The highest BCUT2D eigenvalue weighted by molar-refractivity contribution is 7.20. The van der Waals surface area contributed by atoms with E-state index in [1.807, 2.05) is 6.92 Å². The van der Waals surface area contributed by atoms with E-state index >= 15 is 0 Å². The fourth-order valence-corrected chi connectivity index (χ4v) is 2.28. The number of carbonyl (C=O) groups is 1. The third-order valence-electron chi connectivity index (χ3n) is 1.45. The minimum Gasteiger partial charge on any atom is -0.348 e. The molecule has 0 spiro atoms. The number of rotatable bonds is 3. The topological polar surface area (TPSA) is 29.1 Å². The van der Waals surface area contributed by atoms with Crippen LogP contribution in [-0.4, -0.2) is 12.5 Å². The van der Waals surface area contributed by atoms with Gasteiger partial charge < -0.3 is 5.32 Å². The molecule has 0 atom stereocenters. The molecule has 1 aromatic rings. The summed E-state index contributed by atoms with van der Waals surface area (Å²) >= 11 is 12.7. The van der Waals surface area contributed by atoms with Crippen LogP contribution in [0.4, 0.5) is 0 Å². The van der Waals surface area contributed by atoms with Gasteiger partial charge in [-0.2, -0.15) is 0 Å². The Morgan fingerprint density at radius 2 is 2.29 bits per heavy atom. The summed E-state index contributed by atoms with van der Waals surface area (Å²) in [4.78, 5) is 11.5. The first-order valence-electron chi connectivity index (χ1n) is 3.88. The second kappa shape index (κ2) is 4.82. The summed E-state index contributed by atoms with van der Waals surface area (Å²) in [6.07, 6.45) is 0. The molecule has 0 saturated heterocycles. The molecule has 1 rings (SSSR count). The Kier molecular flexibility index (Phi) is 3.98. The highest BCUT2D eigenvalue weighted by Crippen LogP contribution is 2.30. The Bertz CT molecular complexity index is 373. The van der Waals surface area contributed by atoms with Crippen LogP contribution in [0, 0.1) is 0 Å². The number of amides is 1. The van der Waals surface area contributed by atoms with Crippen molar-refractivity contribution in [3.8, 4) is 0 Å². The molecule has 0 aliphatic heterocycles. The van der Waals surface area contributed by atoms with E-state index in [2.05, 4.69) is 11.9 Å². The van der Waals surface area contributed by atoms with E-state index in [1.54, 1.807) is 6.07 Å². The van der Waals surface area contributed by atoms with Gasteiger partial charge >= 0.3 is 0 Å². The summed E-state index contributed by atoms with van der Waals surface area (Å²) in [5, 5.41) is 2.68. The minimum absolute atomic E-state index is 0.221. The van der Waals surface area contributed by atoms with Crippen LogP contribution in [0.3, 0.4) is 0 Å². The lowest BCUT2D eigenvalue weighted by Crippen LogP contribution is -2.24. The van der Waals surface area contributed by atoms with Crippen molar-refractivity contribution in [2.24, 2.45) is 0 Å². The van der Waals surface area contributed by atoms with Gasteiger partial charge in [0.05, 0.1) is 9.90 Å². The fourth-order valence-electron chi connectivity index (χ4n) is 0.821. The Morgan fingerprint density at radius 3 is 2.71 bits per heavy atom. The summed E-state index contributed by atoms with van der Waals surface area (Å²) in [6, 6.07) is 1.56. The van der Waals surface area contributed by atoms with Crippen molar-refractivity contribution in [3.63, 3.8) is 0 Å².